The summed E-state index contributed by atoms with van der Waals surface area (Å²) in [5, 5.41) is 14.7. The van der Waals surface area contributed by atoms with Crippen LogP contribution in [0.2, 0.25) is 0 Å². The van der Waals surface area contributed by atoms with Crippen LogP contribution in [-0.4, -0.2) is 45.1 Å². The molecule has 1 aliphatic heterocycles. The number of benzene rings is 1. The maximum absolute atomic E-state index is 13.0. The molecule has 1 aliphatic rings. The Kier molecular flexibility index (Phi) is 5.88. The molecular formula is C20H24N6O4S. The van der Waals surface area contributed by atoms with E-state index >= 15 is 0 Å². The molecule has 0 atom stereocenters. The Balaban J connectivity index is 1.57. The molecule has 0 bridgehead atoms. The van der Waals surface area contributed by atoms with Gasteiger partial charge in [0.15, 0.2) is 0 Å². The van der Waals surface area contributed by atoms with Gasteiger partial charge in [0.05, 0.1) is 22.1 Å². The molecular weight excluding hydrogens is 420 g/mol. The second-order valence-electron chi connectivity index (χ2n) is 7.62. The van der Waals surface area contributed by atoms with Gasteiger partial charge in [-0.05, 0) is 38.0 Å². The molecule has 1 aromatic carbocycles. The summed E-state index contributed by atoms with van der Waals surface area (Å²) in [6.45, 7) is 2.99. The van der Waals surface area contributed by atoms with Crippen LogP contribution < -0.4 is 5.32 Å². The lowest BCUT2D eigenvalue weighted by atomic mass is 10.2. The lowest BCUT2D eigenvalue weighted by Crippen LogP contribution is -2.32. The number of nitrogens with one attached hydrogen (secondary N) is 1. The molecule has 31 heavy (non-hydrogen) atoms. The van der Waals surface area contributed by atoms with Crippen LogP contribution in [0.5, 0.6) is 0 Å². The Labute approximate surface area is 180 Å². The van der Waals surface area contributed by atoms with Crippen molar-refractivity contribution in [2.75, 3.05) is 18.4 Å². The second-order valence-corrected chi connectivity index (χ2v) is 9.55. The second kappa shape index (κ2) is 8.60. The number of hydrogen-bond donors (Lipinski definition) is 1. The summed E-state index contributed by atoms with van der Waals surface area (Å²) in [6.07, 6.45) is 7.22. The summed E-state index contributed by atoms with van der Waals surface area (Å²) in [6, 6.07) is 5.86. The first-order valence-electron chi connectivity index (χ1n) is 10.2. The molecule has 1 N–H and O–H groups in total. The zero-order chi connectivity index (χ0) is 22.0. The molecule has 0 spiro atoms. The van der Waals surface area contributed by atoms with Crippen molar-refractivity contribution >= 4 is 27.2 Å². The number of anilines is 1. The van der Waals surface area contributed by atoms with Gasteiger partial charge in [-0.25, -0.2) is 18.4 Å². The summed E-state index contributed by atoms with van der Waals surface area (Å²) in [4.78, 5) is 19.8. The van der Waals surface area contributed by atoms with Crippen molar-refractivity contribution < 1.29 is 13.3 Å². The van der Waals surface area contributed by atoms with Gasteiger partial charge >= 0.3 is 0 Å². The highest BCUT2D eigenvalue weighted by Gasteiger charge is 2.28. The fraction of sp³-hybridized carbons (Fsp3) is 0.400. The standard InChI is InChI=1S/C20H24N6O4S/c1-15-8-11-24-14-16(23-20(24)22-15)13-21-18-7-6-17(12-19(18)26(27)28)31(29,30)25-9-4-2-3-5-10-25/h6-8,11-12,14,21H,2-5,9-10,13H2,1H3. The van der Waals surface area contributed by atoms with Crippen LogP contribution in [0, 0.1) is 17.0 Å². The average Bonchev–Trinajstić information content (AvgIpc) is 2.94. The number of nitrogens with zero attached hydrogens (tertiary/aromatic N) is 5. The zero-order valence-electron chi connectivity index (χ0n) is 17.2. The van der Waals surface area contributed by atoms with E-state index in [1.807, 2.05) is 19.2 Å². The fourth-order valence-electron chi connectivity index (χ4n) is 3.68. The van der Waals surface area contributed by atoms with Crippen molar-refractivity contribution in [3.63, 3.8) is 0 Å². The lowest BCUT2D eigenvalue weighted by molar-refractivity contribution is -0.384. The van der Waals surface area contributed by atoms with Gasteiger partial charge in [0, 0.05) is 37.2 Å². The molecule has 1 saturated heterocycles. The van der Waals surface area contributed by atoms with Crippen LogP contribution in [0.4, 0.5) is 11.4 Å². The first kappa shape index (κ1) is 21.2. The number of rotatable bonds is 6. The van der Waals surface area contributed by atoms with E-state index in [-0.39, 0.29) is 22.8 Å². The Morgan fingerprint density at radius 3 is 2.58 bits per heavy atom. The summed E-state index contributed by atoms with van der Waals surface area (Å²) >= 11 is 0. The van der Waals surface area contributed by atoms with Crippen molar-refractivity contribution in [1.82, 2.24) is 18.7 Å². The van der Waals surface area contributed by atoms with Crippen LogP contribution in [-0.2, 0) is 16.6 Å². The van der Waals surface area contributed by atoms with Crippen LogP contribution in [0.3, 0.4) is 0 Å². The van der Waals surface area contributed by atoms with Crippen molar-refractivity contribution in [2.24, 2.45) is 0 Å². The molecule has 1 fully saturated rings. The highest BCUT2D eigenvalue weighted by Crippen LogP contribution is 2.30. The third-order valence-corrected chi connectivity index (χ3v) is 7.24. The zero-order valence-corrected chi connectivity index (χ0v) is 18.0. The van der Waals surface area contributed by atoms with Gasteiger partial charge in [-0.1, -0.05) is 12.8 Å². The monoisotopic (exact) mass is 444 g/mol. The minimum atomic E-state index is -3.77. The number of aromatic nitrogens is 3. The van der Waals surface area contributed by atoms with Crippen molar-refractivity contribution in [3.05, 3.63) is 58.2 Å². The van der Waals surface area contributed by atoms with E-state index < -0.39 is 14.9 Å². The van der Waals surface area contributed by atoms with Gasteiger partial charge < -0.3 is 5.32 Å². The molecule has 0 unspecified atom stereocenters. The van der Waals surface area contributed by atoms with E-state index in [1.54, 1.807) is 10.6 Å². The first-order chi connectivity index (χ1) is 14.8. The van der Waals surface area contributed by atoms with Crippen molar-refractivity contribution in [1.29, 1.82) is 0 Å². The highest BCUT2D eigenvalue weighted by molar-refractivity contribution is 7.89. The molecule has 3 aromatic rings. The Morgan fingerprint density at radius 2 is 1.87 bits per heavy atom. The number of sulfonamides is 1. The average molecular weight is 445 g/mol. The number of imidazole rings is 1. The van der Waals surface area contributed by atoms with Gasteiger partial charge in [0.25, 0.3) is 5.69 Å². The Morgan fingerprint density at radius 1 is 1.13 bits per heavy atom. The fourth-order valence-corrected chi connectivity index (χ4v) is 5.22. The highest BCUT2D eigenvalue weighted by atomic mass is 32.2. The number of nitro benzene ring substituents is 1. The Hall–Kier alpha value is -3.05. The first-order valence-corrected chi connectivity index (χ1v) is 11.6. The third kappa shape index (κ3) is 4.52. The van der Waals surface area contributed by atoms with Gasteiger partial charge in [-0.3, -0.25) is 14.5 Å². The van der Waals surface area contributed by atoms with Gasteiger partial charge in [-0.15, -0.1) is 0 Å². The van der Waals surface area contributed by atoms with Crippen LogP contribution in [0.1, 0.15) is 37.1 Å². The summed E-state index contributed by atoms with van der Waals surface area (Å²) < 4.78 is 29.2. The van der Waals surface area contributed by atoms with Crippen molar-refractivity contribution in [2.45, 2.75) is 44.0 Å². The smallest absolute Gasteiger partial charge is 0.293 e. The molecule has 4 rings (SSSR count). The maximum atomic E-state index is 13.0. The van der Waals surface area contributed by atoms with E-state index in [0.717, 1.165) is 37.4 Å². The van der Waals surface area contributed by atoms with Crippen LogP contribution in [0.25, 0.3) is 5.78 Å². The maximum Gasteiger partial charge on any atom is 0.293 e. The summed E-state index contributed by atoms with van der Waals surface area (Å²) in [5.74, 6) is 0.546. The number of hydrogen-bond acceptors (Lipinski definition) is 7. The minimum Gasteiger partial charge on any atom is -0.374 e. The molecule has 3 heterocycles. The predicted octanol–water partition coefficient (Wildman–Crippen LogP) is 3.12. The Bertz CT molecular complexity index is 1220. The van der Waals surface area contributed by atoms with Gasteiger partial charge in [-0.2, -0.15) is 4.31 Å². The van der Waals surface area contributed by atoms with E-state index in [1.165, 1.54) is 16.4 Å². The van der Waals surface area contributed by atoms with E-state index in [2.05, 4.69) is 15.3 Å². The molecule has 2 aromatic heterocycles. The molecule has 0 amide bonds. The molecule has 10 nitrogen and oxygen atoms in total. The predicted molar refractivity (Wildman–Crippen MR) is 115 cm³/mol. The van der Waals surface area contributed by atoms with Gasteiger partial charge in [0.1, 0.15) is 5.69 Å². The summed E-state index contributed by atoms with van der Waals surface area (Å²) in [7, 11) is -3.77. The number of fused-ring (bicyclic) bond motifs is 1. The lowest BCUT2D eigenvalue weighted by Gasteiger charge is -2.20. The topological polar surface area (TPSA) is 123 Å². The van der Waals surface area contributed by atoms with E-state index in [9.17, 15) is 18.5 Å². The van der Waals surface area contributed by atoms with E-state index in [4.69, 9.17) is 0 Å². The SMILES string of the molecule is Cc1ccn2cc(CNc3ccc(S(=O)(=O)N4CCCCCC4)cc3[N+](=O)[O-])nc2n1. The molecule has 0 saturated carbocycles. The normalized spacial score (nSPS) is 15.6. The largest absolute Gasteiger partial charge is 0.374 e. The quantitative estimate of drug-likeness (QED) is 0.458. The van der Waals surface area contributed by atoms with Gasteiger partial charge in [0.2, 0.25) is 15.8 Å². The molecule has 11 heteroatoms. The summed E-state index contributed by atoms with van der Waals surface area (Å²) in [5.41, 5.74) is 1.46. The van der Waals surface area contributed by atoms with Crippen LogP contribution >= 0.6 is 0 Å². The van der Waals surface area contributed by atoms with Crippen LogP contribution in [0.15, 0.2) is 41.6 Å². The number of nitro groups is 1. The minimum absolute atomic E-state index is 0.0564. The number of aryl methyl sites for hydroxylation is 1. The van der Waals surface area contributed by atoms with E-state index in [0.29, 0.717) is 24.6 Å². The molecule has 0 radical (unpaired) electrons. The molecule has 0 aliphatic carbocycles. The van der Waals surface area contributed by atoms with Crippen molar-refractivity contribution in [3.8, 4) is 0 Å². The molecule has 164 valence electrons. The third-order valence-electron chi connectivity index (χ3n) is 5.34.